The van der Waals surface area contributed by atoms with Crippen LogP contribution in [0.1, 0.15) is 19.4 Å². The van der Waals surface area contributed by atoms with Gasteiger partial charge in [0.25, 0.3) is 0 Å². The summed E-state index contributed by atoms with van der Waals surface area (Å²) in [5.41, 5.74) is 1.19. The lowest BCUT2D eigenvalue weighted by Crippen LogP contribution is -1.94. The molecule has 0 fully saturated rings. The summed E-state index contributed by atoms with van der Waals surface area (Å²) in [7, 11) is 0. The van der Waals surface area contributed by atoms with Gasteiger partial charge in [0.2, 0.25) is 0 Å². The molecular weight excluding hydrogens is 279 g/mol. The summed E-state index contributed by atoms with van der Waals surface area (Å²) in [6.07, 6.45) is 0.955. The molecule has 0 heterocycles. The van der Waals surface area contributed by atoms with Gasteiger partial charge in [0.1, 0.15) is 0 Å². The lowest BCUT2D eigenvalue weighted by molar-refractivity contribution is 0.317. The Morgan fingerprint density at radius 2 is 2.08 bits per heavy atom. The third-order valence-corrected chi connectivity index (χ3v) is 2.62. The number of aromatic hydroxyl groups is 1. The number of rotatable bonds is 3. The van der Waals surface area contributed by atoms with E-state index in [9.17, 15) is 5.11 Å². The molecule has 0 radical (unpaired) electrons. The summed E-state index contributed by atoms with van der Waals surface area (Å²) in [6.45, 7) is 4.57. The van der Waals surface area contributed by atoms with E-state index in [-0.39, 0.29) is 5.75 Å². The van der Waals surface area contributed by atoms with Gasteiger partial charge in [0, 0.05) is 0 Å². The van der Waals surface area contributed by atoms with Crippen molar-refractivity contribution in [1.82, 2.24) is 0 Å². The van der Waals surface area contributed by atoms with E-state index < -0.39 is 0 Å². The maximum Gasteiger partial charge on any atom is 0.171 e. The molecule has 3 heteroatoms. The first-order valence-electron chi connectivity index (χ1n) is 4.33. The van der Waals surface area contributed by atoms with Crippen molar-refractivity contribution in [1.29, 1.82) is 0 Å². The van der Waals surface area contributed by atoms with Crippen LogP contribution >= 0.6 is 22.6 Å². The van der Waals surface area contributed by atoms with Crippen LogP contribution in [0.4, 0.5) is 0 Å². The van der Waals surface area contributed by atoms with E-state index in [1.165, 1.54) is 5.56 Å². The average molecular weight is 292 g/mol. The molecule has 0 bridgehead atoms. The van der Waals surface area contributed by atoms with E-state index in [0.717, 1.165) is 9.99 Å². The number of aryl methyl sites for hydroxylation is 1. The standard InChI is InChI=1S/C10H13IO2/c1-3-7-5-8(11)10(12)9(6-7)13-4-2/h5-6,12H,3-4H2,1-2H3. The Kier molecular flexibility index (Phi) is 3.84. The molecule has 1 aromatic rings. The predicted molar refractivity (Wildman–Crippen MR) is 61.4 cm³/mol. The molecular formula is C10H13IO2. The van der Waals surface area contributed by atoms with Crippen molar-refractivity contribution >= 4 is 22.6 Å². The third-order valence-electron chi connectivity index (χ3n) is 1.80. The van der Waals surface area contributed by atoms with Crippen LogP contribution in [0.5, 0.6) is 11.5 Å². The fourth-order valence-corrected chi connectivity index (χ4v) is 1.76. The molecule has 13 heavy (non-hydrogen) atoms. The minimum atomic E-state index is 0.250. The topological polar surface area (TPSA) is 29.5 Å². The molecule has 1 rings (SSSR count). The van der Waals surface area contributed by atoms with Crippen molar-refractivity contribution in [3.05, 3.63) is 21.3 Å². The lowest BCUT2D eigenvalue weighted by atomic mass is 10.1. The highest BCUT2D eigenvalue weighted by molar-refractivity contribution is 14.1. The van der Waals surface area contributed by atoms with Gasteiger partial charge in [-0.1, -0.05) is 6.92 Å². The van der Waals surface area contributed by atoms with E-state index in [4.69, 9.17) is 4.74 Å². The Balaban J connectivity index is 3.09. The molecule has 0 aliphatic heterocycles. The number of phenolic OH excluding ortho intramolecular Hbond substituents is 1. The highest BCUT2D eigenvalue weighted by atomic mass is 127. The monoisotopic (exact) mass is 292 g/mol. The van der Waals surface area contributed by atoms with Crippen LogP contribution in [0, 0.1) is 3.57 Å². The van der Waals surface area contributed by atoms with Crippen LogP contribution in [-0.4, -0.2) is 11.7 Å². The molecule has 0 saturated heterocycles. The minimum absolute atomic E-state index is 0.250. The normalized spacial score (nSPS) is 10.1. The van der Waals surface area contributed by atoms with E-state index >= 15 is 0 Å². The highest BCUT2D eigenvalue weighted by Gasteiger charge is 2.07. The van der Waals surface area contributed by atoms with Gasteiger partial charge >= 0.3 is 0 Å². The Morgan fingerprint density at radius 3 is 2.62 bits per heavy atom. The van der Waals surface area contributed by atoms with Crippen molar-refractivity contribution in [2.75, 3.05) is 6.61 Å². The molecule has 2 nitrogen and oxygen atoms in total. The molecule has 0 amide bonds. The Morgan fingerprint density at radius 1 is 1.38 bits per heavy atom. The molecule has 0 aliphatic rings. The summed E-state index contributed by atoms with van der Waals surface area (Å²) in [6, 6.07) is 3.86. The summed E-state index contributed by atoms with van der Waals surface area (Å²) >= 11 is 2.11. The molecule has 0 aliphatic carbocycles. The van der Waals surface area contributed by atoms with Gasteiger partial charge in [-0.3, -0.25) is 0 Å². The van der Waals surface area contributed by atoms with Crippen molar-refractivity contribution in [3.8, 4) is 11.5 Å². The summed E-state index contributed by atoms with van der Waals surface area (Å²) in [5, 5.41) is 9.62. The SMILES string of the molecule is CCOc1cc(CC)cc(I)c1O. The molecule has 1 N–H and O–H groups in total. The van der Waals surface area contributed by atoms with Gasteiger partial charge in [0.05, 0.1) is 10.2 Å². The van der Waals surface area contributed by atoms with Crippen LogP contribution in [0.2, 0.25) is 0 Å². The minimum Gasteiger partial charge on any atom is -0.504 e. The number of halogens is 1. The first-order chi connectivity index (χ1) is 6.19. The molecule has 0 saturated carbocycles. The first-order valence-corrected chi connectivity index (χ1v) is 5.41. The molecule has 0 aromatic heterocycles. The number of ether oxygens (including phenoxy) is 1. The second-order valence-corrected chi connectivity index (χ2v) is 3.87. The van der Waals surface area contributed by atoms with Crippen molar-refractivity contribution in [2.45, 2.75) is 20.3 Å². The maximum absolute atomic E-state index is 9.62. The summed E-state index contributed by atoms with van der Waals surface area (Å²) in [5.74, 6) is 0.839. The van der Waals surface area contributed by atoms with Crippen molar-refractivity contribution < 1.29 is 9.84 Å². The molecule has 0 unspecified atom stereocenters. The smallest absolute Gasteiger partial charge is 0.171 e. The molecule has 1 aromatic carbocycles. The quantitative estimate of drug-likeness (QED) is 0.868. The molecule has 72 valence electrons. The fourth-order valence-electron chi connectivity index (χ4n) is 1.10. The lowest BCUT2D eigenvalue weighted by Gasteiger charge is -2.09. The van der Waals surface area contributed by atoms with E-state index in [0.29, 0.717) is 12.4 Å². The second-order valence-electron chi connectivity index (χ2n) is 2.71. The fraction of sp³-hybridized carbons (Fsp3) is 0.400. The zero-order valence-corrected chi connectivity index (χ0v) is 9.96. The van der Waals surface area contributed by atoms with Gasteiger partial charge in [-0.05, 0) is 53.6 Å². The van der Waals surface area contributed by atoms with Gasteiger partial charge < -0.3 is 9.84 Å². The van der Waals surface area contributed by atoms with Gasteiger partial charge in [-0.15, -0.1) is 0 Å². The molecule has 0 atom stereocenters. The van der Waals surface area contributed by atoms with Crippen molar-refractivity contribution in [3.63, 3.8) is 0 Å². The summed E-state index contributed by atoms with van der Waals surface area (Å²) < 4.78 is 6.15. The average Bonchev–Trinajstić information content (AvgIpc) is 2.13. The van der Waals surface area contributed by atoms with E-state index in [1.54, 1.807) is 0 Å². The zero-order chi connectivity index (χ0) is 9.84. The maximum atomic E-state index is 9.62. The summed E-state index contributed by atoms with van der Waals surface area (Å²) in [4.78, 5) is 0. The van der Waals surface area contributed by atoms with Gasteiger partial charge in [0.15, 0.2) is 11.5 Å². The van der Waals surface area contributed by atoms with Crippen LogP contribution in [0.15, 0.2) is 12.1 Å². The first kappa shape index (κ1) is 10.6. The third kappa shape index (κ3) is 2.49. The zero-order valence-electron chi connectivity index (χ0n) is 7.80. The highest BCUT2D eigenvalue weighted by Crippen LogP contribution is 2.32. The Labute approximate surface area is 92.1 Å². The molecule has 0 spiro atoms. The predicted octanol–water partition coefficient (Wildman–Crippen LogP) is 2.96. The van der Waals surface area contributed by atoms with E-state index in [2.05, 4.69) is 29.5 Å². The van der Waals surface area contributed by atoms with Crippen LogP contribution in [0.3, 0.4) is 0 Å². The largest absolute Gasteiger partial charge is 0.504 e. The van der Waals surface area contributed by atoms with Gasteiger partial charge in [-0.25, -0.2) is 0 Å². The Bertz CT molecular complexity index is 297. The number of benzene rings is 1. The number of hydrogen-bond acceptors (Lipinski definition) is 2. The van der Waals surface area contributed by atoms with Crippen molar-refractivity contribution in [2.24, 2.45) is 0 Å². The number of hydrogen-bond donors (Lipinski definition) is 1. The van der Waals surface area contributed by atoms with Crippen LogP contribution < -0.4 is 4.74 Å². The van der Waals surface area contributed by atoms with Gasteiger partial charge in [-0.2, -0.15) is 0 Å². The number of phenols is 1. The van der Waals surface area contributed by atoms with Crippen LogP contribution in [0.25, 0.3) is 0 Å². The van der Waals surface area contributed by atoms with E-state index in [1.807, 2.05) is 19.1 Å². The Hall–Kier alpha value is -0.450. The second kappa shape index (κ2) is 4.69. The van der Waals surface area contributed by atoms with Crippen LogP contribution in [-0.2, 0) is 6.42 Å².